The summed E-state index contributed by atoms with van der Waals surface area (Å²) in [5.74, 6) is 4.49. The first-order valence-corrected chi connectivity index (χ1v) is 8.03. The van der Waals surface area contributed by atoms with Crippen molar-refractivity contribution in [2.24, 2.45) is 0 Å². The van der Waals surface area contributed by atoms with Crippen molar-refractivity contribution in [2.45, 2.75) is 0 Å². The van der Waals surface area contributed by atoms with E-state index in [-0.39, 0.29) is 0 Å². The highest BCUT2D eigenvalue weighted by Gasteiger charge is 2.12. The number of methoxy groups -OCH3 is 2. The molecule has 2 aromatic carbocycles. The number of benzene rings is 2. The summed E-state index contributed by atoms with van der Waals surface area (Å²) in [6.45, 7) is 0.913. The predicted octanol–water partition coefficient (Wildman–Crippen LogP) is 3.39. The minimum atomic E-state index is 0.424. The normalized spacial score (nSPS) is 10.3. The van der Waals surface area contributed by atoms with E-state index < -0.39 is 0 Å². The molecule has 1 aromatic heterocycles. The Balaban J connectivity index is 1.97. The second kappa shape index (κ2) is 8.19. The quantitative estimate of drug-likeness (QED) is 0.521. The lowest BCUT2D eigenvalue weighted by atomic mass is 10.2. The Bertz CT molecular complexity index is 951. The lowest BCUT2D eigenvalue weighted by Crippen LogP contribution is -2.05. The molecule has 0 aliphatic heterocycles. The van der Waals surface area contributed by atoms with Crippen LogP contribution in [0.15, 0.2) is 42.7 Å². The van der Waals surface area contributed by atoms with Gasteiger partial charge in [-0.3, -0.25) is 0 Å². The van der Waals surface area contributed by atoms with Crippen LogP contribution in [0.1, 0.15) is 5.56 Å². The number of ether oxygens (including phenoxy) is 3. The summed E-state index contributed by atoms with van der Waals surface area (Å²) in [6, 6.07) is 11.3. The minimum absolute atomic E-state index is 0.424. The van der Waals surface area contributed by atoms with E-state index in [9.17, 15) is 0 Å². The lowest BCUT2D eigenvalue weighted by molar-refractivity contribution is 0.144. The topological polar surface area (TPSA) is 65.5 Å². The summed E-state index contributed by atoms with van der Waals surface area (Å²) in [6.07, 6.45) is 6.97. The molecule has 1 heterocycles. The number of fused-ring (bicyclic) bond motifs is 1. The smallest absolute Gasteiger partial charge is 0.163 e. The van der Waals surface area contributed by atoms with Gasteiger partial charge >= 0.3 is 0 Å². The Kier molecular flexibility index (Phi) is 5.52. The molecule has 0 unspecified atom stereocenters. The molecule has 0 aliphatic carbocycles. The van der Waals surface area contributed by atoms with E-state index in [4.69, 9.17) is 20.6 Å². The van der Waals surface area contributed by atoms with Crippen molar-refractivity contribution in [1.82, 2.24) is 9.97 Å². The van der Waals surface area contributed by atoms with Gasteiger partial charge in [0.05, 0.1) is 19.2 Å². The molecule has 0 spiro atoms. The first-order valence-electron chi connectivity index (χ1n) is 8.03. The average Bonchev–Trinajstić information content (AvgIpc) is 2.68. The van der Waals surface area contributed by atoms with E-state index in [0.717, 1.165) is 22.2 Å². The van der Waals surface area contributed by atoms with Gasteiger partial charge in [0.15, 0.2) is 11.5 Å². The van der Waals surface area contributed by atoms with Crippen molar-refractivity contribution in [3.8, 4) is 23.8 Å². The van der Waals surface area contributed by atoms with Crippen molar-refractivity contribution in [3.05, 3.63) is 48.3 Å². The number of nitrogens with one attached hydrogen (secondary N) is 1. The van der Waals surface area contributed by atoms with Crippen molar-refractivity contribution in [3.63, 3.8) is 0 Å². The third-order valence-electron chi connectivity index (χ3n) is 3.76. The van der Waals surface area contributed by atoms with Crippen molar-refractivity contribution in [2.75, 3.05) is 32.8 Å². The van der Waals surface area contributed by atoms with Crippen LogP contribution >= 0.6 is 0 Å². The molecule has 1 N–H and O–H groups in total. The predicted molar refractivity (Wildman–Crippen MR) is 101 cm³/mol. The maximum absolute atomic E-state index is 5.71. The zero-order chi connectivity index (χ0) is 18.4. The molecule has 3 rings (SSSR count). The number of rotatable bonds is 7. The van der Waals surface area contributed by atoms with Crippen LogP contribution in [0.3, 0.4) is 0 Å². The fourth-order valence-electron chi connectivity index (χ4n) is 2.49. The highest BCUT2D eigenvalue weighted by atomic mass is 16.5. The molecule has 132 valence electrons. The molecule has 0 bridgehead atoms. The van der Waals surface area contributed by atoms with Crippen LogP contribution < -0.4 is 14.8 Å². The van der Waals surface area contributed by atoms with Crippen molar-refractivity contribution >= 4 is 22.4 Å². The van der Waals surface area contributed by atoms with Crippen LogP contribution in [0.2, 0.25) is 0 Å². The Hall–Kier alpha value is -3.30. The Morgan fingerprint density at radius 1 is 1.08 bits per heavy atom. The first kappa shape index (κ1) is 17.5. The molecule has 0 fully saturated rings. The Labute approximate surface area is 152 Å². The fraction of sp³-hybridized carbons (Fsp3) is 0.200. The van der Waals surface area contributed by atoms with Crippen LogP contribution in [-0.4, -0.2) is 37.4 Å². The summed E-state index contributed by atoms with van der Waals surface area (Å²) in [7, 11) is 3.22. The van der Waals surface area contributed by atoms with Gasteiger partial charge in [-0.25, -0.2) is 9.97 Å². The molecular formula is C20H19N3O3. The zero-order valence-electron chi connectivity index (χ0n) is 14.7. The number of hydrogen-bond acceptors (Lipinski definition) is 6. The van der Waals surface area contributed by atoms with E-state index in [0.29, 0.717) is 30.5 Å². The molecular weight excluding hydrogens is 330 g/mol. The van der Waals surface area contributed by atoms with Gasteiger partial charge in [-0.15, -0.1) is 6.42 Å². The van der Waals surface area contributed by atoms with Gasteiger partial charge in [0, 0.05) is 29.8 Å². The summed E-state index contributed by atoms with van der Waals surface area (Å²) >= 11 is 0. The molecule has 0 saturated heterocycles. The van der Waals surface area contributed by atoms with Crippen LogP contribution in [0.25, 0.3) is 10.9 Å². The molecule has 0 aliphatic rings. The first-order chi connectivity index (χ1) is 12.7. The summed E-state index contributed by atoms with van der Waals surface area (Å²) in [5, 5.41) is 4.10. The molecule has 0 amide bonds. The van der Waals surface area contributed by atoms with Gasteiger partial charge in [-0.2, -0.15) is 0 Å². The maximum Gasteiger partial charge on any atom is 0.163 e. The number of aromatic nitrogens is 2. The SMILES string of the molecule is C#Cc1cccc(Nc2ncnc3cc(OCCOC)c(OC)cc23)c1. The van der Waals surface area contributed by atoms with Gasteiger partial charge in [0.25, 0.3) is 0 Å². The third kappa shape index (κ3) is 3.85. The number of terminal acetylenes is 1. The molecule has 0 radical (unpaired) electrons. The van der Waals surface area contributed by atoms with Crippen LogP contribution in [0.5, 0.6) is 11.5 Å². The van der Waals surface area contributed by atoms with Gasteiger partial charge < -0.3 is 19.5 Å². The van der Waals surface area contributed by atoms with E-state index in [1.807, 2.05) is 36.4 Å². The summed E-state index contributed by atoms with van der Waals surface area (Å²) < 4.78 is 16.2. The van der Waals surface area contributed by atoms with E-state index in [1.54, 1.807) is 14.2 Å². The van der Waals surface area contributed by atoms with Crippen LogP contribution in [0, 0.1) is 12.3 Å². The van der Waals surface area contributed by atoms with E-state index in [1.165, 1.54) is 6.33 Å². The molecule has 6 heteroatoms. The van der Waals surface area contributed by atoms with Crippen LogP contribution in [-0.2, 0) is 4.74 Å². The Morgan fingerprint density at radius 3 is 2.73 bits per heavy atom. The molecule has 0 saturated carbocycles. The van der Waals surface area contributed by atoms with Gasteiger partial charge in [0.1, 0.15) is 18.8 Å². The molecule has 3 aromatic rings. The van der Waals surface area contributed by atoms with Crippen molar-refractivity contribution < 1.29 is 14.2 Å². The standard InChI is InChI=1S/C20H19N3O3/c1-4-14-6-5-7-15(10-14)23-20-16-11-18(25-3)19(26-9-8-24-2)12-17(16)21-13-22-20/h1,5-7,10-13H,8-9H2,2-3H3,(H,21,22,23). The third-order valence-corrected chi connectivity index (χ3v) is 3.76. The lowest BCUT2D eigenvalue weighted by Gasteiger charge is -2.13. The maximum atomic E-state index is 5.71. The number of nitrogens with zero attached hydrogens (tertiary/aromatic N) is 2. The minimum Gasteiger partial charge on any atom is -0.493 e. The molecule has 6 nitrogen and oxygen atoms in total. The van der Waals surface area contributed by atoms with Gasteiger partial charge in [0.2, 0.25) is 0 Å². The average molecular weight is 349 g/mol. The van der Waals surface area contributed by atoms with Gasteiger partial charge in [-0.05, 0) is 24.3 Å². The monoisotopic (exact) mass is 349 g/mol. The second-order valence-corrected chi connectivity index (χ2v) is 5.43. The highest BCUT2D eigenvalue weighted by molar-refractivity contribution is 5.93. The Morgan fingerprint density at radius 2 is 1.96 bits per heavy atom. The van der Waals surface area contributed by atoms with Gasteiger partial charge in [-0.1, -0.05) is 12.0 Å². The summed E-state index contributed by atoms with van der Waals surface area (Å²) in [5.41, 5.74) is 2.38. The molecule has 0 atom stereocenters. The second-order valence-electron chi connectivity index (χ2n) is 5.43. The number of hydrogen-bond donors (Lipinski definition) is 1. The fourth-order valence-corrected chi connectivity index (χ4v) is 2.49. The number of anilines is 2. The zero-order valence-corrected chi connectivity index (χ0v) is 14.7. The van der Waals surface area contributed by atoms with Crippen LogP contribution in [0.4, 0.5) is 11.5 Å². The van der Waals surface area contributed by atoms with E-state index in [2.05, 4.69) is 21.2 Å². The largest absolute Gasteiger partial charge is 0.493 e. The highest BCUT2D eigenvalue weighted by Crippen LogP contribution is 2.34. The summed E-state index contributed by atoms with van der Waals surface area (Å²) in [4.78, 5) is 8.68. The van der Waals surface area contributed by atoms with E-state index >= 15 is 0 Å². The molecule has 26 heavy (non-hydrogen) atoms. The van der Waals surface area contributed by atoms with Crippen molar-refractivity contribution in [1.29, 1.82) is 0 Å².